The number of para-hydroxylation sites is 1. The molecule has 2 saturated heterocycles. The Hall–Kier alpha value is -2.14. The Labute approximate surface area is 115 Å². The summed E-state index contributed by atoms with van der Waals surface area (Å²) < 4.78 is 5.79. The number of anilines is 1. The van der Waals surface area contributed by atoms with Gasteiger partial charge in [0.2, 0.25) is 5.91 Å². The highest BCUT2D eigenvalue weighted by Gasteiger charge is 2.65. The maximum absolute atomic E-state index is 12.6. The summed E-state index contributed by atoms with van der Waals surface area (Å²) >= 11 is 0. The molecule has 1 amide bonds. The van der Waals surface area contributed by atoms with Crippen molar-refractivity contribution in [1.82, 2.24) is 0 Å². The van der Waals surface area contributed by atoms with E-state index in [2.05, 4.69) is 0 Å². The summed E-state index contributed by atoms with van der Waals surface area (Å²) in [5, 5.41) is 11.3. The average Bonchev–Trinajstić information content (AvgIpc) is 3.08. The number of carbonyl (C=O) groups is 2. The minimum Gasteiger partial charge on any atom is -0.550 e. The van der Waals surface area contributed by atoms with Gasteiger partial charge in [-0.1, -0.05) is 30.4 Å². The van der Waals surface area contributed by atoms with Crippen LogP contribution >= 0.6 is 0 Å². The summed E-state index contributed by atoms with van der Waals surface area (Å²) in [6, 6.07) is 9.23. The van der Waals surface area contributed by atoms with Crippen molar-refractivity contribution in [2.45, 2.75) is 11.7 Å². The van der Waals surface area contributed by atoms with Gasteiger partial charge in [0, 0.05) is 17.6 Å². The number of aliphatic carboxylic acids is 1. The Kier molecular flexibility index (Phi) is 2.16. The van der Waals surface area contributed by atoms with Crippen LogP contribution in [0.15, 0.2) is 42.5 Å². The lowest BCUT2D eigenvalue weighted by molar-refractivity contribution is -0.313. The van der Waals surface area contributed by atoms with Gasteiger partial charge in [-0.05, 0) is 12.1 Å². The van der Waals surface area contributed by atoms with Gasteiger partial charge >= 0.3 is 0 Å². The predicted octanol–water partition coefficient (Wildman–Crippen LogP) is -0.277. The van der Waals surface area contributed by atoms with E-state index in [1.165, 1.54) is 0 Å². The summed E-state index contributed by atoms with van der Waals surface area (Å²) in [6.45, 7) is 0.358. The van der Waals surface area contributed by atoms with E-state index in [0.29, 0.717) is 6.54 Å². The summed E-state index contributed by atoms with van der Waals surface area (Å²) in [4.78, 5) is 25.5. The Morgan fingerprint density at radius 2 is 2.10 bits per heavy atom. The smallest absolute Gasteiger partial charge is 0.234 e. The molecule has 2 fully saturated rings. The van der Waals surface area contributed by atoms with E-state index in [-0.39, 0.29) is 5.91 Å². The zero-order valence-corrected chi connectivity index (χ0v) is 10.6. The molecule has 0 N–H and O–H groups in total. The standard InChI is InChI=1S/C15H13NO4/c17-13-12-11(14(18)19)10-6-7-15(12,20-10)8-16(13)9-4-2-1-3-5-9/h1-7,10-12H,8H2,(H,18,19)/p-1/t10-,11+,12-,15+/m1/s1. The van der Waals surface area contributed by atoms with E-state index in [0.717, 1.165) is 5.69 Å². The number of fused-ring (bicyclic) bond motifs is 1. The number of amides is 1. The molecule has 1 spiro atoms. The minimum absolute atomic E-state index is 0.197. The van der Waals surface area contributed by atoms with Crippen molar-refractivity contribution in [1.29, 1.82) is 0 Å². The van der Waals surface area contributed by atoms with Crippen LogP contribution in [0.5, 0.6) is 0 Å². The molecule has 2 bridgehead atoms. The van der Waals surface area contributed by atoms with Crippen molar-refractivity contribution in [3.8, 4) is 0 Å². The van der Waals surface area contributed by atoms with Crippen molar-refractivity contribution < 1.29 is 19.4 Å². The largest absolute Gasteiger partial charge is 0.550 e. The quantitative estimate of drug-likeness (QED) is 0.693. The fraction of sp³-hybridized carbons (Fsp3) is 0.333. The maximum atomic E-state index is 12.6. The molecule has 0 radical (unpaired) electrons. The van der Waals surface area contributed by atoms with Gasteiger partial charge in [0.1, 0.15) is 5.60 Å². The molecule has 3 aliphatic heterocycles. The number of hydrogen-bond donors (Lipinski definition) is 0. The van der Waals surface area contributed by atoms with Crippen LogP contribution in [0.1, 0.15) is 0 Å². The fourth-order valence-electron chi connectivity index (χ4n) is 3.59. The highest BCUT2D eigenvalue weighted by Crippen LogP contribution is 2.52. The summed E-state index contributed by atoms with van der Waals surface area (Å²) in [5.74, 6) is -2.98. The lowest BCUT2D eigenvalue weighted by atomic mass is 9.77. The first-order chi connectivity index (χ1) is 9.62. The van der Waals surface area contributed by atoms with Gasteiger partial charge in [0.05, 0.1) is 18.6 Å². The minimum atomic E-state index is -1.21. The van der Waals surface area contributed by atoms with E-state index in [4.69, 9.17) is 4.74 Å². The molecular formula is C15H12NO4-. The van der Waals surface area contributed by atoms with Crippen LogP contribution in [0, 0.1) is 11.8 Å². The second-order valence-corrected chi connectivity index (χ2v) is 5.48. The van der Waals surface area contributed by atoms with E-state index in [9.17, 15) is 14.7 Å². The molecule has 0 aromatic heterocycles. The summed E-state index contributed by atoms with van der Waals surface area (Å²) in [5.41, 5.74) is -0.0404. The Bertz CT molecular complexity index is 626. The SMILES string of the molecule is O=C([O-])[C@H]1[C@H]2C=C[C@@]3(CN(c4ccccc4)C(=O)[C@@H]13)O2. The normalized spacial score (nSPS) is 37.5. The van der Waals surface area contributed by atoms with Crippen LogP contribution in [0.25, 0.3) is 0 Å². The van der Waals surface area contributed by atoms with Gasteiger partial charge in [0.15, 0.2) is 0 Å². The lowest BCUT2D eigenvalue weighted by Gasteiger charge is -2.24. The molecule has 5 nitrogen and oxygen atoms in total. The number of carboxylic acid groups (broad SMARTS) is 1. The van der Waals surface area contributed by atoms with Crippen molar-refractivity contribution in [2.24, 2.45) is 11.8 Å². The van der Waals surface area contributed by atoms with E-state index in [1.54, 1.807) is 11.0 Å². The van der Waals surface area contributed by atoms with E-state index >= 15 is 0 Å². The Morgan fingerprint density at radius 1 is 1.35 bits per heavy atom. The molecule has 0 aliphatic carbocycles. The van der Waals surface area contributed by atoms with Crippen LogP contribution < -0.4 is 10.0 Å². The number of carbonyl (C=O) groups excluding carboxylic acids is 2. The third-order valence-corrected chi connectivity index (χ3v) is 4.44. The highest BCUT2D eigenvalue weighted by molar-refractivity contribution is 6.02. The van der Waals surface area contributed by atoms with Crippen molar-refractivity contribution in [3.63, 3.8) is 0 Å². The molecule has 1 aromatic carbocycles. The number of nitrogens with zero attached hydrogens (tertiary/aromatic N) is 1. The zero-order valence-electron chi connectivity index (χ0n) is 10.6. The summed E-state index contributed by atoms with van der Waals surface area (Å²) in [6.07, 6.45) is 3.04. The molecule has 3 aliphatic rings. The third kappa shape index (κ3) is 1.30. The van der Waals surface area contributed by atoms with Gasteiger partial charge < -0.3 is 19.5 Å². The molecule has 1 aromatic rings. The Morgan fingerprint density at radius 3 is 2.80 bits per heavy atom. The van der Waals surface area contributed by atoms with Crippen molar-refractivity contribution >= 4 is 17.6 Å². The van der Waals surface area contributed by atoms with Crippen LogP contribution in [0.2, 0.25) is 0 Å². The van der Waals surface area contributed by atoms with Crippen LogP contribution in [0.4, 0.5) is 5.69 Å². The second-order valence-electron chi connectivity index (χ2n) is 5.48. The topological polar surface area (TPSA) is 69.7 Å². The van der Waals surface area contributed by atoms with Crippen molar-refractivity contribution in [3.05, 3.63) is 42.5 Å². The van der Waals surface area contributed by atoms with Crippen LogP contribution in [-0.2, 0) is 14.3 Å². The van der Waals surface area contributed by atoms with Gasteiger partial charge in [-0.3, -0.25) is 4.79 Å². The number of benzene rings is 1. The van der Waals surface area contributed by atoms with Crippen LogP contribution in [0.3, 0.4) is 0 Å². The fourth-order valence-corrected chi connectivity index (χ4v) is 3.59. The zero-order chi connectivity index (χ0) is 13.9. The number of ether oxygens (including phenoxy) is 1. The molecule has 5 heteroatoms. The highest BCUT2D eigenvalue weighted by atomic mass is 16.5. The van der Waals surface area contributed by atoms with Gasteiger partial charge in [-0.2, -0.15) is 0 Å². The van der Waals surface area contributed by atoms with Crippen molar-refractivity contribution in [2.75, 3.05) is 11.4 Å². The number of hydrogen-bond acceptors (Lipinski definition) is 4. The first kappa shape index (κ1) is 11.7. The van der Waals surface area contributed by atoms with E-state index in [1.807, 2.05) is 36.4 Å². The first-order valence-corrected chi connectivity index (χ1v) is 6.57. The van der Waals surface area contributed by atoms with E-state index < -0.39 is 29.5 Å². The first-order valence-electron chi connectivity index (χ1n) is 6.57. The molecule has 4 rings (SSSR count). The molecule has 0 saturated carbocycles. The maximum Gasteiger partial charge on any atom is 0.234 e. The lowest BCUT2D eigenvalue weighted by Crippen LogP contribution is -2.45. The molecule has 4 atom stereocenters. The molecule has 0 unspecified atom stereocenters. The number of rotatable bonds is 2. The number of carboxylic acids is 1. The molecule has 102 valence electrons. The predicted molar refractivity (Wildman–Crippen MR) is 67.5 cm³/mol. The monoisotopic (exact) mass is 270 g/mol. The van der Waals surface area contributed by atoms with Crippen LogP contribution in [-0.4, -0.2) is 30.1 Å². The average molecular weight is 270 g/mol. The molecule has 3 heterocycles. The van der Waals surface area contributed by atoms with Gasteiger partial charge in [-0.25, -0.2) is 0 Å². The second kappa shape index (κ2) is 3.70. The molecule has 20 heavy (non-hydrogen) atoms. The molecular weight excluding hydrogens is 258 g/mol. The Balaban J connectivity index is 1.76. The summed E-state index contributed by atoms with van der Waals surface area (Å²) in [7, 11) is 0. The van der Waals surface area contributed by atoms with Gasteiger partial charge in [-0.15, -0.1) is 0 Å². The third-order valence-electron chi connectivity index (χ3n) is 4.44. The van der Waals surface area contributed by atoms with Gasteiger partial charge in [0.25, 0.3) is 0 Å².